The van der Waals surface area contributed by atoms with Gasteiger partial charge in [0.1, 0.15) is 18.9 Å². The van der Waals surface area contributed by atoms with E-state index in [1.807, 2.05) is 5.32 Å². The highest BCUT2D eigenvalue weighted by Crippen LogP contribution is 2.42. The summed E-state index contributed by atoms with van der Waals surface area (Å²) >= 11 is 12.7. The molecule has 0 aliphatic carbocycles. The molecule has 180 valence electrons. The fraction of sp³-hybridized carbons (Fsp3) is 0.300. The number of amides is 2. The summed E-state index contributed by atoms with van der Waals surface area (Å²) in [7, 11) is 0. The van der Waals surface area contributed by atoms with Crippen molar-refractivity contribution in [3.05, 3.63) is 51.9 Å². The molecule has 14 heteroatoms. The van der Waals surface area contributed by atoms with Gasteiger partial charge in [-0.05, 0) is 18.2 Å². The largest absolute Gasteiger partial charge is 0.491 e. The number of benzene rings is 1. The minimum Gasteiger partial charge on any atom is -0.491 e. The van der Waals surface area contributed by atoms with Crippen molar-refractivity contribution in [1.82, 2.24) is 30.0 Å². The minimum atomic E-state index is -4.53. The lowest BCUT2D eigenvalue weighted by molar-refractivity contribution is -0.123. The lowest BCUT2D eigenvalue weighted by Gasteiger charge is -2.18. The lowest BCUT2D eigenvalue weighted by Crippen LogP contribution is -2.41. The van der Waals surface area contributed by atoms with E-state index in [4.69, 9.17) is 33.7 Å². The van der Waals surface area contributed by atoms with Gasteiger partial charge in [-0.25, -0.2) is 14.8 Å². The van der Waals surface area contributed by atoms with Gasteiger partial charge in [0.2, 0.25) is 5.95 Å². The fourth-order valence-electron chi connectivity index (χ4n) is 3.49. The number of halogens is 5. The Morgan fingerprint density at radius 1 is 1.24 bits per heavy atom. The Balaban J connectivity index is 1.63. The maximum Gasteiger partial charge on any atom is 0.405 e. The molecule has 0 atom stereocenters. The zero-order valence-corrected chi connectivity index (χ0v) is 19.0. The van der Waals surface area contributed by atoms with Crippen molar-refractivity contribution < 1.29 is 22.7 Å². The van der Waals surface area contributed by atoms with Crippen LogP contribution in [0, 0.1) is 0 Å². The van der Waals surface area contributed by atoms with Crippen LogP contribution in [0.3, 0.4) is 0 Å². The van der Waals surface area contributed by atoms with Crippen molar-refractivity contribution in [3.8, 4) is 17.0 Å². The second-order valence-electron chi connectivity index (χ2n) is 7.36. The number of alkyl halides is 3. The standard InChI is InChI=1S/C20H18Cl2F3N7O2/c21-11-6-13(22)16(15(7-11)34-5-4-32-3-1-2-28-32)17-12-8-31(9-14(12)29-18(26)30-17)19(33)27-10-20(23,24)25/h1-3,6-7H,4-5,8-10H2,(H,27,33)(H2,26,29,30). The minimum absolute atomic E-state index is 0.0413. The number of nitrogens with one attached hydrogen (secondary N) is 1. The molecule has 34 heavy (non-hydrogen) atoms. The molecule has 2 amide bonds. The summed E-state index contributed by atoms with van der Waals surface area (Å²) < 4.78 is 45.1. The highest BCUT2D eigenvalue weighted by Gasteiger charge is 2.33. The summed E-state index contributed by atoms with van der Waals surface area (Å²) in [6.45, 7) is -0.843. The first-order valence-corrected chi connectivity index (χ1v) is 10.7. The van der Waals surface area contributed by atoms with Gasteiger partial charge in [-0.1, -0.05) is 23.2 Å². The number of anilines is 1. The normalized spacial score (nSPS) is 13.1. The van der Waals surface area contributed by atoms with Crippen molar-refractivity contribution in [1.29, 1.82) is 0 Å². The Labute approximate surface area is 201 Å². The Hall–Kier alpha value is -3.25. The molecule has 9 nitrogen and oxygen atoms in total. The Morgan fingerprint density at radius 3 is 2.74 bits per heavy atom. The molecule has 3 heterocycles. The number of nitrogens with two attached hydrogens (primary N) is 1. The first-order chi connectivity index (χ1) is 16.1. The molecule has 0 saturated carbocycles. The van der Waals surface area contributed by atoms with Crippen LogP contribution in [-0.4, -0.2) is 50.0 Å². The summed E-state index contributed by atoms with van der Waals surface area (Å²) in [4.78, 5) is 21.9. The number of carbonyl (C=O) groups is 1. The molecule has 0 saturated heterocycles. The maximum atomic E-state index is 12.5. The second kappa shape index (κ2) is 9.55. The summed E-state index contributed by atoms with van der Waals surface area (Å²) in [5.74, 6) is 0.240. The van der Waals surface area contributed by atoms with Crippen LogP contribution >= 0.6 is 23.2 Å². The summed E-state index contributed by atoms with van der Waals surface area (Å²) in [6.07, 6.45) is -1.10. The van der Waals surface area contributed by atoms with Crippen molar-refractivity contribution in [3.63, 3.8) is 0 Å². The van der Waals surface area contributed by atoms with E-state index >= 15 is 0 Å². The van der Waals surface area contributed by atoms with E-state index in [1.165, 1.54) is 11.0 Å². The quantitative estimate of drug-likeness (QED) is 0.515. The molecule has 1 aliphatic rings. The van der Waals surface area contributed by atoms with E-state index in [9.17, 15) is 18.0 Å². The molecule has 0 spiro atoms. The molecule has 3 N–H and O–H groups in total. The van der Waals surface area contributed by atoms with Crippen molar-refractivity contribution >= 4 is 35.2 Å². The zero-order valence-electron chi connectivity index (χ0n) is 17.4. The SMILES string of the molecule is Nc1nc2c(c(-c3c(Cl)cc(Cl)cc3OCCn3cccn3)n1)CN(C(=O)NCC(F)(F)F)C2. The lowest BCUT2D eigenvalue weighted by atomic mass is 10.0. The van der Waals surface area contributed by atoms with Gasteiger partial charge in [0, 0.05) is 23.0 Å². The topological polar surface area (TPSA) is 111 Å². The number of rotatable bonds is 6. The highest BCUT2D eigenvalue weighted by molar-refractivity contribution is 6.37. The van der Waals surface area contributed by atoms with Crippen LogP contribution in [0.2, 0.25) is 10.0 Å². The molecule has 4 rings (SSSR count). The number of fused-ring (bicyclic) bond motifs is 1. The Morgan fingerprint density at radius 2 is 2.03 bits per heavy atom. The third kappa shape index (κ3) is 5.45. The molecule has 0 bridgehead atoms. The highest BCUT2D eigenvalue weighted by atomic mass is 35.5. The van der Waals surface area contributed by atoms with Crippen molar-refractivity contribution in [2.45, 2.75) is 25.8 Å². The smallest absolute Gasteiger partial charge is 0.405 e. The van der Waals surface area contributed by atoms with Gasteiger partial charge in [0.05, 0.1) is 41.6 Å². The van der Waals surface area contributed by atoms with E-state index in [2.05, 4.69) is 15.1 Å². The first kappa shape index (κ1) is 23.9. The molecular weight excluding hydrogens is 498 g/mol. The Bertz CT molecular complexity index is 1210. The molecule has 2 aromatic heterocycles. The van der Waals surface area contributed by atoms with Crippen LogP contribution in [0.25, 0.3) is 11.3 Å². The van der Waals surface area contributed by atoms with E-state index in [1.54, 1.807) is 29.2 Å². The van der Waals surface area contributed by atoms with E-state index in [-0.39, 0.29) is 30.7 Å². The van der Waals surface area contributed by atoms with Gasteiger partial charge in [0.15, 0.2) is 0 Å². The van der Waals surface area contributed by atoms with E-state index in [0.29, 0.717) is 39.8 Å². The average Bonchev–Trinajstić information content (AvgIpc) is 3.40. The van der Waals surface area contributed by atoms with Crippen LogP contribution in [0.15, 0.2) is 30.6 Å². The average molecular weight is 516 g/mol. The van der Waals surface area contributed by atoms with Gasteiger partial charge in [0.25, 0.3) is 0 Å². The van der Waals surface area contributed by atoms with Gasteiger partial charge in [-0.2, -0.15) is 18.3 Å². The zero-order chi connectivity index (χ0) is 24.5. The number of hydrogen-bond donors (Lipinski definition) is 2. The number of urea groups is 1. The van der Waals surface area contributed by atoms with Gasteiger partial charge < -0.3 is 20.7 Å². The summed E-state index contributed by atoms with van der Waals surface area (Å²) in [5.41, 5.74) is 7.48. The predicted octanol–water partition coefficient (Wildman–Crippen LogP) is 3.90. The molecule has 0 radical (unpaired) electrons. The van der Waals surface area contributed by atoms with Crippen LogP contribution in [0.1, 0.15) is 11.3 Å². The molecule has 1 aromatic carbocycles. The molecule has 0 unspecified atom stereocenters. The summed E-state index contributed by atoms with van der Waals surface area (Å²) in [5, 5.41) is 6.51. The molecule has 0 fully saturated rings. The molecule has 3 aromatic rings. The monoisotopic (exact) mass is 515 g/mol. The predicted molar refractivity (Wildman–Crippen MR) is 118 cm³/mol. The third-order valence-electron chi connectivity index (χ3n) is 4.92. The number of carbonyl (C=O) groups excluding carboxylic acids is 1. The number of ether oxygens (including phenoxy) is 1. The van der Waals surface area contributed by atoms with Crippen LogP contribution in [-0.2, 0) is 19.6 Å². The van der Waals surface area contributed by atoms with Crippen LogP contribution < -0.4 is 15.8 Å². The number of aromatic nitrogens is 4. The van der Waals surface area contributed by atoms with E-state index < -0.39 is 18.8 Å². The third-order valence-corrected chi connectivity index (χ3v) is 5.44. The van der Waals surface area contributed by atoms with Crippen LogP contribution in [0.4, 0.5) is 23.9 Å². The maximum absolute atomic E-state index is 12.5. The Kier molecular flexibility index (Phi) is 6.71. The van der Waals surface area contributed by atoms with Crippen molar-refractivity contribution in [2.24, 2.45) is 0 Å². The van der Waals surface area contributed by atoms with Crippen molar-refractivity contribution in [2.75, 3.05) is 18.9 Å². The molecule has 1 aliphatic heterocycles. The number of hydrogen-bond acceptors (Lipinski definition) is 6. The second-order valence-corrected chi connectivity index (χ2v) is 8.21. The van der Waals surface area contributed by atoms with Gasteiger partial charge in [-0.3, -0.25) is 4.68 Å². The number of nitrogens with zero attached hydrogens (tertiary/aromatic N) is 5. The summed E-state index contributed by atoms with van der Waals surface area (Å²) in [6, 6.07) is 3.97. The van der Waals surface area contributed by atoms with Gasteiger partial charge in [-0.15, -0.1) is 0 Å². The van der Waals surface area contributed by atoms with Gasteiger partial charge >= 0.3 is 12.2 Å². The van der Waals surface area contributed by atoms with Crippen LogP contribution in [0.5, 0.6) is 5.75 Å². The fourth-order valence-corrected chi connectivity index (χ4v) is 4.05. The first-order valence-electron chi connectivity index (χ1n) is 9.95. The van der Waals surface area contributed by atoms with E-state index in [0.717, 1.165) is 0 Å². The number of nitrogen functional groups attached to an aromatic ring is 1. The molecular formula is C20H18Cl2F3N7O2.